The summed E-state index contributed by atoms with van der Waals surface area (Å²) in [5.41, 5.74) is 33.1. The number of nitrogens with two attached hydrogens (primary N) is 4. The average molecular weight is 1030 g/mol. The maximum atomic E-state index is 12.8. The van der Waals surface area contributed by atoms with E-state index in [4.69, 9.17) is 34.5 Å². The number of hydrogen-bond acceptors (Lipinski definition) is 15. The Morgan fingerprint density at radius 3 is 1.07 bits per heavy atom. The van der Waals surface area contributed by atoms with Crippen LogP contribution in [0.2, 0.25) is 5.15 Å². The number of carbonyl (C=O) groups is 3. The van der Waals surface area contributed by atoms with Gasteiger partial charge >= 0.3 is 6.08 Å². The summed E-state index contributed by atoms with van der Waals surface area (Å²) in [4.78, 5) is 66.7. The zero-order valence-corrected chi connectivity index (χ0v) is 42.0. The van der Waals surface area contributed by atoms with Gasteiger partial charge in [0.1, 0.15) is 24.1 Å². The van der Waals surface area contributed by atoms with Gasteiger partial charge in [0.15, 0.2) is 17.5 Å². The number of benzene rings is 3. The van der Waals surface area contributed by atoms with Crippen molar-refractivity contribution in [2.75, 3.05) is 5.73 Å². The van der Waals surface area contributed by atoms with Gasteiger partial charge in [-0.3, -0.25) is 14.4 Å². The Labute approximate surface area is 433 Å². The molecular formula is C52H48ClFN18O3. The van der Waals surface area contributed by atoms with Gasteiger partial charge in [-0.2, -0.15) is 4.39 Å². The summed E-state index contributed by atoms with van der Waals surface area (Å²) < 4.78 is 17.1. The normalized spacial score (nSPS) is 11.5. The third-order valence-corrected chi connectivity index (χ3v) is 10.7. The number of primary amides is 3. The highest BCUT2D eigenvalue weighted by molar-refractivity contribution is 6.29. The molecule has 75 heavy (non-hydrogen) atoms. The van der Waals surface area contributed by atoms with E-state index in [0.717, 1.165) is 50.1 Å². The van der Waals surface area contributed by atoms with Crippen molar-refractivity contribution in [3.8, 4) is 34.2 Å². The van der Waals surface area contributed by atoms with Crippen LogP contribution in [-0.4, -0.2) is 86.9 Å². The molecule has 9 rings (SSSR count). The second kappa shape index (κ2) is 23.5. The molecule has 3 amide bonds. The van der Waals surface area contributed by atoms with Crippen LogP contribution < -0.4 is 22.9 Å². The minimum Gasteiger partial charge on any atom is -0.368 e. The SMILES string of the molecule is Cc1cc(C)cc(-c2ncn(/C=C(/C(N)=O)c3cnc(F)nc3)n2)c1.Cc1cc(C)cc(-c2ncn(/C=C(/C(N)=O)c3cnc(N)nc3)n2)c1.Cc1cc(C)cc(-c2ncn(/C=C(\C(N)=O)c3ccc(Cl)nc3)n2)c1. The van der Waals surface area contributed by atoms with E-state index in [2.05, 4.69) is 73.4 Å². The van der Waals surface area contributed by atoms with Crippen molar-refractivity contribution in [2.45, 2.75) is 41.5 Å². The van der Waals surface area contributed by atoms with Gasteiger partial charge in [0.2, 0.25) is 5.95 Å². The molecule has 0 aliphatic carbocycles. The van der Waals surface area contributed by atoms with E-state index in [-0.39, 0.29) is 28.2 Å². The van der Waals surface area contributed by atoms with Crippen molar-refractivity contribution < 1.29 is 18.8 Å². The third-order valence-electron chi connectivity index (χ3n) is 10.5. The molecule has 0 atom stereocenters. The summed E-state index contributed by atoms with van der Waals surface area (Å²) in [5.74, 6) is -0.169. The van der Waals surface area contributed by atoms with Crippen LogP contribution in [0.25, 0.3) is 69.5 Å². The Morgan fingerprint density at radius 1 is 0.453 bits per heavy atom. The van der Waals surface area contributed by atoms with Gasteiger partial charge in [-0.1, -0.05) is 63.2 Å². The molecule has 0 saturated heterocycles. The average Bonchev–Trinajstić information content (AvgIpc) is 4.15. The standard InChI is InChI=1S/C18H16ClN5O.C17H15FN6O.C17H17N7O/c1-11-5-12(2)7-14(6-11)18-22-10-24(23-18)9-15(17(20)25)13-3-4-16(19)21-8-13;1-10-3-11(2)5-12(4-10)16-22-9-24(23-16)8-14(15(19)25)13-6-20-17(18)21-7-13;1-10-3-11(2)5-12(4-10)16-22-9-24(23-16)8-14(15(18)25)13-6-20-17(19)21-7-13/h3-10H,1-2H3,(H2,20,25);3-9H,1-2H3,(H2,19,25);3-9H,1-2H3,(H2,18,25)(H2,19,20,21)/b15-9-;2*14-8+. The second-order valence-electron chi connectivity index (χ2n) is 16.9. The molecule has 0 radical (unpaired) electrons. The molecule has 6 heterocycles. The number of rotatable bonds is 12. The molecule has 0 saturated carbocycles. The van der Waals surface area contributed by atoms with Crippen molar-refractivity contribution >= 4 is 70.6 Å². The highest BCUT2D eigenvalue weighted by Gasteiger charge is 2.15. The molecule has 23 heteroatoms. The summed E-state index contributed by atoms with van der Waals surface area (Å²) in [6.45, 7) is 12.1. The lowest BCUT2D eigenvalue weighted by Gasteiger charge is -2.03. The molecule has 0 fully saturated rings. The van der Waals surface area contributed by atoms with Gasteiger partial charge in [0.05, 0.1) is 16.7 Å². The first-order chi connectivity index (χ1) is 35.8. The van der Waals surface area contributed by atoms with E-state index in [1.54, 1.807) is 12.1 Å². The van der Waals surface area contributed by atoms with Crippen LogP contribution in [-0.2, 0) is 14.4 Å². The largest absolute Gasteiger partial charge is 0.368 e. The van der Waals surface area contributed by atoms with Gasteiger partial charge in [-0.25, -0.2) is 53.9 Å². The first kappa shape index (κ1) is 52.9. The van der Waals surface area contributed by atoms with E-state index < -0.39 is 23.8 Å². The molecule has 0 bridgehead atoms. The van der Waals surface area contributed by atoms with Crippen molar-refractivity contribution in [3.63, 3.8) is 0 Å². The number of aryl methyl sites for hydroxylation is 6. The van der Waals surface area contributed by atoms with E-state index in [1.807, 2.05) is 77.9 Å². The quantitative estimate of drug-likeness (QED) is 0.0578. The highest BCUT2D eigenvalue weighted by Crippen LogP contribution is 2.23. The summed E-state index contributed by atoms with van der Waals surface area (Å²) in [6.07, 6.45) is 14.7. The number of aromatic nitrogens is 14. The number of nitrogens with zero attached hydrogens (tertiary/aromatic N) is 14. The smallest absolute Gasteiger partial charge is 0.308 e. The molecule has 21 nitrogen and oxygen atoms in total. The summed E-state index contributed by atoms with van der Waals surface area (Å²) in [7, 11) is 0. The number of halogens is 2. The maximum absolute atomic E-state index is 12.8. The van der Waals surface area contributed by atoms with Crippen LogP contribution in [0, 0.1) is 47.6 Å². The predicted octanol–water partition coefficient (Wildman–Crippen LogP) is 6.49. The summed E-state index contributed by atoms with van der Waals surface area (Å²) in [6, 6.07) is 21.4. The van der Waals surface area contributed by atoms with Crippen LogP contribution in [0.5, 0.6) is 0 Å². The van der Waals surface area contributed by atoms with Crippen molar-refractivity contribution in [2.24, 2.45) is 17.2 Å². The monoisotopic (exact) mass is 1030 g/mol. The predicted molar refractivity (Wildman–Crippen MR) is 283 cm³/mol. The summed E-state index contributed by atoms with van der Waals surface area (Å²) >= 11 is 5.78. The molecule has 6 aromatic heterocycles. The molecule has 3 aromatic carbocycles. The summed E-state index contributed by atoms with van der Waals surface area (Å²) in [5, 5.41) is 13.5. The zero-order valence-electron chi connectivity index (χ0n) is 41.3. The molecular weight excluding hydrogens is 979 g/mol. The molecule has 0 aliphatic rings. The first-order valence-electron chi connectivity index (χ1n) is 22.5. The highest BCUT2D eigenvalue weighted by atomic mass is 35.5. The van der Waals surface area contributed by atoms with Crippen molar-refractivity contribution in [1.29, 1.82) is 0 Å². The zero-order chi connectivity index (χ0) is 53.9. The van der Waals surface area contributed by atoms with Crippen LogP contribution in [0.15, 0.2) is 117 Å². The lowest BCUT2D eigenvalue weighted by atomic mass is 10.1. The number of anilines is 1. The Kier molecular flexibility index (Phi) is 16.6. The van der Waals surface area contributed by atoms with Crippen molar-refractivity contribution in [1.82, 2.24) is 69.2 Å². The van der Waals surface area contributed by atoms with Gasteiger partial charge in [0, 0.05) is 83.0 Å². The Balaban J connectivity index is 0.000000164. The van der Waals surface area contributed by atoms with Gasteiger partial charge in [-0.15, -0.1) is 15.3 Å². The maximum Gasteiger partial charge on any atom is 0.308 e. The van der Waals surface area contributed by atoms with E-state index in [9.17, 15) is 18.8 Å². The van der Waals surface area contributed by atoms with Crippen LogP contribution >= 0.6 is 11.6 Å². The second-order valence-corrected chi connectivity index (χ2v) is 17.3. The third kappa shape index (κ3) is 14.4. The fourth-order valence-electron chi connectivity index (χ4n) is 7.42. The molecule has 8 N–H and O–H groups in total. The lowest BCUT2D eigenvalue weighted by molar-refractivity contribution is -0.113. The van der Waals surface area contributed by atoms with Gasteiger partial charge in [-0.05, 0) is 90.1 Å². The van der Waals surface area contributed by atoms with E-state index in [0.29, 0.717) is 33.8 Å². The minimum atomic E-state index is -0.884. The van der Waals surface area contributed by atoms with Crippen LogP contribution in [0.3, 0.4) is 0 Å². The lowest BCUT2D eigenvalue weighted by Crippen LogP contribution is -2.14. The molecule has 0 aliphatic heterocycles. The van der Waals surface area contributed by atoms with Gasteiger partial charge < -0.3 is 22.9 Å². The van der Waals surface area contributed by atoms with Crippen LogP contribution in [0.4, 0.5) is 10.3 Å². The minimum absolute atomic E-state index is 0.0943. The Bertz CT molecular complexity index is 3200. The van der Waals surface area contributed by atoms with E-state index in [1.165, 1.54) is 82.6 Å². The number of amides is 3. The van der Waals surface area contributed by atoms with Gasteiger partial charge in [0.25, 0.3) is 17.7 Å². The Hall–Kier alpha value is -9.96. The molecule has 378 valence electrons. The number of pyridine rings is 1. The van der Waals surface area contributed by atoms with Crippen LogP contribution in [0.1, 0.15) is 50.1 Å². The van der Waals surface area contributed by atoms with Crippen molar-refractivity contribution in [3.05, 3.63) is 178 Å². The fourth-order valence-corrected chi connectivity index (χ4v) is 7.53. The topological polar surface area (TPSA) is 312 Å². The van der Waals surface area contributed by atoms with E-state index >= 15 is 0 Å². The number of hydrogen-bond donors (Lipinski definition) is 4. The number of carbonyl (C=O) groups excluding carboxylic acids is 3. The fraction of sp³-hybridized carbons (Fsp3) is 0.115. The molecule has 9 aromatic rings. The Morgan fingerprint density at radius 2 is 0.760 bits per heavy atom. The molecule has 0 unspecified atom stereocenters. The first-order valence-corrected chi connectivity index (χ1v) is 22.9. The molecule has 0 spiro atoms. The number of nitrogen functional groups attached to an aromatic ring is 1.